The molecule has 146 valence electrons. The third-order valence-corrected chi connectivity index (χ3v) is 5.38. The summed E-state index contributed by atoms with van der Waals surface area (Å²) in [6.45, 7) is 4.39. The number of ether oxygens (including phenoxy) is 2. The number of H-pyrrole nitrogens is 1. The van der Waals surface area contributed by atoms with Gasteiger partial charge in [-0.2, -0.15) is 0 Å². The van der Waals surface area contributed by atoms with Gasteiger partial charge in [-0.25, -0.2) is 15.0 Å². The number of nitrogen functional groups attached to an aromatic ring is 1. The van der Waals surface area contributed by atoms with Crippen LogP contribution in [-0.4, -0.2) is 62.2 Å². The molecule has 3 atom stereocenters. The number of aromatic nitrogens is 4. The van der Waals surface area contributed by atoms with Crippen molar-refractivity contribution in [3.63, 3.8) is 0 Å². The number of pyridine rings is 1. The van der Waals surface area contributed by atoms with Crippen molar-refractivity contribution in [3.05, 3.63) is 30.7 Å². The molecule has 5 rings (SSSR count). The number of hydrogen-bond acceptors (Lipinski definition) is 8. The van der Waals surface area contributed by atoms with Crippen LogP contribution in [0.1, 0.15) is 13.8 Å². The van der Waals surface area contributed by atoms with Crippen molar-refractivity contribution in [2.24, 2.45) is 0 Å². The highest BCUT2D eigenvalue weighted by Gasteiger charge is 2.52. The van der Waals surface area contributed by atoms with Crippen LogP contribution in [0.3, 0.4) is 0 Å². The van der Waals surface area contributed by atoms with Gasteiger partial charge in [0, 0.05) is 30.7 Å². The van der Waals surface area contributed by atoms with Crippen molar-refractivity contribution in [1.82, 2.24) is 19.9 Å². The van der Waals surface area contributed by atoms with E-state index < -0.39 is 5.79 Å². The SMILES string of the molecule is CC1(C)O[C@H]2[C@H](CN(c3ccnc4[nH]cc(-c5ccnc(N)n5)c34)[C@@H]2CO)O1. The normalized spacial score (nSPS) is 26.1. The van der Waals surface area contributed by atoms with Crippen LogP contribution in [0.4, 0.5) is 11.6 Å². The number of aliphatic hydroxyl groups is 1. The van der Waals surface area contributed by atoms with Crippen LogP contribution in [0.15, 0.2) is 30.7 Å². The average molecular weight is 382 g/mol. The monoisotopic (exact) mass is 382 g/mol. The minimum Gasteiger partial charge on any atom is -0.394 e. The lowest BCUT2D eigenvalue weighted by Gasteiger charge is -2.30. The van der Waals surface area contributed by atoms with E-state index in [9.17, 15) is 5.11 Å². The molecule has 0 saturated carbocycles. The standard InChI is InChI=1S/C19H22N6O3/c1-19(2)27-14-8-25(13(9-26)16(14)28-19)12-4-6-21-17-15(12)10(7-23-17)11-3-5-22-18(20)24-11/h3-7,13-14,16,26H,8-9H2,1-2H3,(H,21,23)(H2,20,22,24)/t13-,14+,16-/m1/s1. The highest BCUT2D eigenvalue weighted by atomic mass is 16.8. The Morgan fingerprint density at radius 1 is 1.29 bits per heavy atom. The van der Waals surface area contributed by atoms with E-state index in [2.05, 4.69) is 24.8 Å². The zero-order valence-electron chi connectivity index (χ0n) is 15.7. The lowest BCUT2D eigenvalue weighted by Crippen LogP contribution is -2.41. The predicted octanol–water partition coefficient (Wildman–Crippen LogP) is 1.30. The van der Waals surface area contributed by atoms with Gasteiger partial charge in [0.05, 0.1) is 29.4 Å². The Morgan fingerprint density at radius 2 is 2.11 bits per heavy atom. The van der Waals surface area contributed by atoms with Crippen LogP contribution < -0.4 is 10.6 Å². The number of aromatic amines is 1. The molecular weight excluding hydrogens is 360 g/mol. The maximum Gasteiger partial charge on any atom is 0.220 e. The van der Waals surface area contributed by atoms with E-state index >= 15 is 0 Å². The van der Waals surface area contributed by atoms with Gasteiger partial charge in [0.1, 0.15) is 17.9 Å². The molecule has 0 unspecified atom stereocenters. The maximum absolute atomic E-state index is 10.1. The lowest BCUT2D eigenvalue weighted by molar-refractivity contribution is -0.151. The molecule has 0 aromatic carbocycles. The van der Waals surface area contributed by atoms with Crippen LogP contribution in [0.5, 0.6) is 0 Å². The molecule has 9 heteroatoms. The zero-order chi connectivity index (χ0) is 19.5. The molecule has 2 aliphatic rings. The minimum absolute atomic E-state index is 0.0371. The Morgan fingerprint density at radius 3 is 2.89 bits per heavy atom. The summed E-state index contributed by atoms with van der Waals surface area (Å²) in [6, 6.07) is 3.54. The molecule has 0 bridgehead atoms. The highest BCUT2D eigenvalue weighted by molar-refractivity contribution is 6.02. The van der Waals surface area contributed by atoms with Gasteiger partial charge < -0.3 is 30.2 Å². The van der Waals surface area contributed by atoms with E-state index in [4.69, 9.17) is 15.2 Å². The summed E-state index contributed by atoms with van der Waals surface area (Å²) < 4.78 is 12.1. The fourth-order valence-electron chi connectivity index (χ4n) is 4.32. The molecule has 2 fully saturated rings. The Hall–Kier alpha value is -2.75. The first-order valence-corrected chi connectivity index (χ1v) is 9.25. The van der Waals surface area contributed by atoms with Crippen molar-refractivity contribution in [2.45, 2.75) is 37.9 Å². The molecule has 4 N–H and O–H groups in total. The maximum atomic E-state index is 10.1. The van der Waals surface area contributed by atoms with E-state index in [-0.39, 0.29) is 30.8 Å². The molecular formula is C19H22N6O3. The largest absolute Gasteiger partial charge is 0.394 e. The summed E-state index contributed by atoms with van der Waals surface area (Å²) in [4.78, 5) is 18.1. The van der Waals surface area contributed by atoms with Crippen molar-refractivity contribution >= 4 is 22.7 Å². The summed E-state index contributed by atoms with van der Waals surface area (Å²) in [5.41, 5.74) is 9.04. The molecule has 9 nitrogen and oxygen atoms in total. The molecule has 3 aromatic rings. The molecule has 0 amide bonds. The van der Waals surface area contributed by atoms with E-state index in [1.54, 1.807) is 12.4 Å². The van der Waals surface area contributed by atoms with Crippen molar-refractivity contribution in [3.8, 4) is 11.3 Å². The molecule has 2 aliphatic heterocycles. The summed E-state index contributed by atoms with van der Waals surface area (Å²) in [6.07, 6.45) is 4.95. The number of fused-ring (bicyclic) bond motifs is 2. The number of hydrogen-bond donors (Lipinski definition) is 3. The third kappa shape index (κ3) is 2.62. The summed E-state index contributed by atoms with van der Waals surface area (Å²) in [5.74, 6) is -0.426. The second-order valence-corrected chi connectivity index (χ2v) is 7.60. The van der Waals surface area contributed by atoms with Crippen LogP contribution in [0.25, 0.3) is 22.3 Å². The van der Waals surface area contributed by atoms with Gasteiger partial charge in [-0.3, -0.25) is 0 Å². The molecule has 28 heavy (non-hydrogen) atoms. The van der Waals surface area contributed by atoms with E-state index in [1.165, 1.54) is 0 Å². The Labute approximate surface area is 161 Å². The third-order valence-electron chi connectivity index (χ3n) is 5.38. The number of anilines is 2. The smallest absolute Gasteiger partial charge is 0.220 e. The number of nitrogens with two attached hydrogens (primary N) is 1. The van der Waals surface area contributed by atoms with Gasteiger partial charge in [0.2, 0.25) is 5.95 Å². The quantitative estimate of drug-likeness (QED) is 0.620. The highest BCUT2D eigenvalue weighted by Crippen LogP contribution is 2.42. The summed E-state index contributed by atoms with van der Waals surface area (Å²) in [5, 5.41) is 11.0. The van der Waals surface area contributed by atoms with Crippen LogP contribution >= 0.6 is 0 Å². The summed E-state index contributed by atoms with van der Waals surface area (Å²) >= 11 is 0. The summed E-state index contributed by atoms with van der Waals surface area (Å²) in [7, 11) is 0. The zero-order valence-corrected chi connectivity index (χ0v) is 15.7. The van der Waals surface area contributed by atoms with E-state index in [0.29, 0.717) is 12.2 Å². The second kappa shape index (κ2) is 6.13. The Balaban J connectivity index is 1.61. The van der Waals surface area contributed by atoms with E-state index in [0.717, 1.165) is 22.3 Å². The first-order valence-electron chi connectivity index (χ1n) is 9.25. The molecule has 0 aliphatic carbocycles. The Kier molecular flexibility index (Phi) is 3.80. The first kappa shape index (κ1) is 17.4. The van der Waals surface area contributed by atoms with E-state index in [1.807, 2.05) is 32.2 Å². The lowest BCUT2D eigenvalue weighted by atomic mass is 10.1. The molecule has 5 heterocycles. The molecule has 0 radical (unpaired) electrons. The number of nitrogens with one attached hydrogen (secondary N) is 1. The molecule has 2 saturated heterocycles. The number of aliphatic hydroxyl groups excluding tert-OH is 1. The molecule has 0 spiro atoms. The van der Waals surface area contributed by atoms with Crippen molar-refractivity contribution in [2.75, 3.05) is 23.8 Å². The van der Waals surface area contributed by atoms with Gasteiger partial charge in [0.15, 0.2) is 5.79 Å². The molecule has 3 aromatic heterocycles. The number of rotatable bonds is 3. The van der Waals surface area contributed by atoms with Crippen LogP contribution in [0, 0.1) is 0 Å². The van der Waals surface area contributed by atoms with Gasteiger partial charge in [-0.15, -0.1) is 0 Å². The van der Waals surface area contributed by atoms with Crippen molar-refractivity contribution in [1.29, 1.82) is 0 Å². The van der Waals surface area contributed by atoms with Crippen LogP contribution in [-0.2, 0) is 9.47 Å². The fraction of sp³-hybridized carbons (Fsp3) is 0.421. The number of nitrogens with zero attached hydrogens (tertiary/aromatic N) is 4. The second-order valence-electron chi connectivity index (χ2n) is 7.60. The average Bonchev–Trinajstić information content (AvgIpc) is 3.30. The fourth-order valence-corrected chi connectivity index (χ4v) is 4.32. The van der Waals surface area contributed by atoms with Gasteiger partial charge >= 0.3 is 0 Å². The van der Waals surface area contributed by atoms with Gasteiger partial charge in [0.25, 0.3) is 0 Å². The van der Waals surface area contributed by atoms with Crippen molar-refractivity contribution < 1.29 is 14.6 Å². The Bertz CT molecular complexity index is 1040. The first-order chi connectivity index (χ1) is 13.5. The predicted molar refractivity (Wildman–Crippen MR) is 104 cm³/mol. The van der Waals surface area contributed by atoms with Gasteiger partial charge in [-0.05, 0) is 26.0 Å². The van der Waals surface area contributed by atoms with Crippen LogP contribution in [0.2, 0.25) is 0 Å². The topological polar surface area (TPSA) is 122 Å². The minimum atomic E-state index is -0.639. The van der Waals surface area contributed by atoms with Gasteiger partial charge in [-0.1, -0.05) is 0 Å².